The molecule has 10 nitrogen and oxygen atoms in total. The second kappa shape index (κ2) is 9.61. The van der Waals surface area contributed by atoms with Crippen LogP contribution < -0.4 is 0 Å². The number of ether oxygens (including phenoxy) is 3. The molecule has 3 aliphatic rings. The highest BCUT2D eigenvalue weighted by atomic mass is 31.2. The number of hydrogen-bond acceptors (Lipinski definition) is 6. The molecular weight excluding hydrogens is 397 g/mol. The molecule has 3 aliphatic heterocycles. The summed E-state index contributed by atoms with van der Waals surface area (Å²) in [5.41, 5.74) is 0.852. The number of nitro groups is 1. The van der Waals surface area contributed by atoms with E-state index in [4.69, 9.17) is 19.0 Å². The Morgan fingerprint density at radius 2 is 1.14 bits per heavy atom. The van der Waals surface area contributed by atoms with E-state index in [1.807, 2.05) is 0 Å². The van der Waals surface area contributed by atoms with Gasteiger partial charge in [-0.15, -0.1) is 0 Å². The molecule has 1 aromatic rings. The van der Waals surface area contributed by atoms with E-state index in [-0.39, 0.29) is 10.6 Å². The molecule has 0 radical (unpaired) electrons. The number of benzene rings is 1. The van der Waals surface area contributed by atoms with E-state index in [9.17, 15) is 10.1 Å². The highest BCUT2D eigenvalue weighted by Crippen LogP contribution is 2.61. The largest absolute Gasteiger partial charge is 0.379 e. The molecule has 0 amide bonds. The third-order valence-corrected chi connectivity index (χ3v) is 9.39. The summed E-state index contributed by atoms with van der Waals surface area (Å²) in [5.74, 6) is 0. The van der Waals surface area contributed by atoms with E-state index >= 15 is 0 Å². The molecule has 4 rings (SSSR count). The number of morpholine rings is 3. The number of hydrogen-bond donors (Lipinski definition) is 0. The zero-order valence-electron chi connectivity index (χ0n) is 16.5. The van der Waals surface area contributed by atoms with Crippen molar-refractivity contribution in [3.63, 3.8) is 0 Å². The fourth-order valence-corrected chi connectivity index (χ4v) is 7.98. The van der Waals surface area contributed by atoms with Gasteiger partial charge < -0.3 is 14.2 Å². The van der Waals surface area contributed by atoms with Crippen LogP contribution in [0.2, 0.25) is 0 Å². The van der Waals surface area contributed by atoms with Gasteiger partial charge in [-0.1, -0.05) is 0 Å². The molecule has 0 spiro atoms. The van der Waals surface area contributed by atoms with E-state index in [2.05, 4.69) is 14.0 Å². The third-order valence-electron chi connectivity index (χ3n) is 5.41. The van der Waals surface area contributed by atoms with Gasteiger partial charge in [-0.05, 0) is 12.1 Å². The second-order valence-electron chi connectivity index (χ2n) is 7.11. The van der Waals surface area contributed by atoms with Crippen LogP contribution in [0.4, 0.5) is 11.4 Å². The first-order chi connectivity index (χ1) is 14.2. The molecule has 160 valence electrons. The van der Waals surface area contributed by atoms with Crippen molar-refractivity contribution in [2.75, 3.05) is 78.9 Å². The molecule has 1 aromatic carbocycles. The fourth-order valence-electron chi connectivity index (χ4n) is 3.99. The van der Waals surface area contributed by atoms with E-state index < -0.39 is 7.51 Å². The summed E-state index contributed by atoms with van der Waals surface area (Å²) < 4.78 is 29.7. The lowest BCUT2D eigenvalue weighted by molar-refractivity contribution is -0.384. The Hall–Kier alpha value is -1.39. The average Bonchev–Trinajstić information content (AvgIpc) is 2.79. The topological polar surface area (TPSA) is 92.9 Å². The zero-order chi connectivity index (χ0) is 20.1. The van der Waals surface area contributed by atoms with Crippen molar-refractivity contribution in [3.8, 4) is 0 Å². The lowest BCUT2D eigenvalue weighted by atomic mass is 10.3. The Balaban J connectivity index is 1.81. The molecule has 0 atom stereocenters. The van der Waals surface area contributed by atoms with Gasteiger partial charge in [0, 0.05) is 51.4 Å². The average molecular weight is 425 g/mol. The van der Waals surface area contributed by atoms with Crippen molar-refractivity contribution in [2.45, 2.75) is 0 Å². The Kier molecular flexibility index (Phi) is 6.92. The summed E-state index contributed by atoms with van der Waals surface area (Å²) in [7, 11) is -2.27. The smallest absolute Gasteiger partial charge is 0.269 e. The van der Waals surface area contributed by atoms with Gasteiger partial charge in [0.1, 0.15) is 0 Å². The third kappa shape index (κ3) is 4.54. The summed E-state index contributed by atoms with van der Waals surface area (Å²) in [6.45, 7) is 9.03. The van der Waals surface area contributed by atoms with Gasteiger partial charge >= 0.3 is 0 Å². The molecule has 3 fully saturated rings. The molecule has 0 unspecified atom stereocenters. The van der Waals surface area contributed by atoms with Crippen LogP contribution in [0.1, 0.15) is 0 Å². The molecule has 0 N–H and O–H groups in total. The first-order valence-corrected chi connectivity index (χ1v) is 11.7. The lowest BCUT2D eigenvalue weighted by Gasteiger charge is -2.52. The van der Waals surface area contributed by atoms with E-state index in [1.54, 1.807) is 12.1 Å². The van der Waals surface area contributed by atoms with Crippen LogP contribution in [-0.2, 0) is 14.2 Å². The molecule has 0 saturated carbocycles. The molecule has 11 heteroatoms. The lowest BCUT2D eigenvalue weighted by Crippen LogP contribution is -2.50. The summed E-state index contributed by atoms with van der Waals surface area (Å²) in [6.07, 6.45) is 0. The maximum atomic E-state index is 11.1. The van der Waals surface area contributed by atoms with Gasteiger partial charge in [0.05, 0.1) is 50.3 Å². The maximum absolute atomic E-state index is 11.1. The number of rotatable bonds is 5. The second-order valence-corrected chi connectivity index (χ2v) is 10.1. The SMILES string of the molecule is O=[N+]([O-])c1ccc(N=P(N2CCOCC2)(N2CCOCC2)N2CCOCC2)cc1. The molecule has 0 aromatic heterocycles. The molecule has 0 aliphatic carbocycles. The minimum atomic E-state index is -2.27. The fraction of sp³-hybridized carbons (Fsp3) is 0.667. The first-order valence-electron chi connectivity index (χ1n) is 10.1. The van der Waals surface area contributed by atoms with Gasteiger partial charge in [-0.25, -0.2) is 18.8 Å². The first kappa shape index (κ1) is 20.9. The normalized spacial score (nSPS) is 23.0. The van der Waals surface area contributed by atoms with E-state index in [1.165, 1.54) is 12.1 Å². The Morgan fingerprint density at radius 1 is 0.759 bits per heavy atom. The van der Waals surface area contributed by atoms with Gasteiger partial charge in [0.2, 0.25) is 0 Å². The zero-order valence-corrected chi connectivity index (χ0v) is 17.4. The van der Waals surface area contributed by atoms with Crippen LogP contribution in [0.15, 0.2) is 29.0 Å². The molecule has 3 heterocycles. The highest BCUT2D eigenvalue weighted by Gasteiger charge is 2.42. The monoisotopic (exact) mass is 425 g/mol. The van der Waals surface area contributed by atoms with Crippen LogP contribution in [-0.4, -0.2) is 97.8 Å². The summed E-state index contributed by atoms with van der Waals surface area (Å²) >= 11 is 0. The van der Waals surface area contributed by atoms with Crippen LogP contribution in [0.25, 0.3) is 0 Å². The predicted molar refractivity (Wildman–Crippen MR) is 109 cm³/mol. The van der Waals surface area contributed by atoms with Gasteiger partial charge in [0.25, 0.3) is 5.69 Å². The Labute approximate surface area is 170 Å². The van der Waals surface area contributed by atoms with Crippen molar-refractivity contribution in [1.29, 1.82) is 0 Å². The standard InChI is InChI=1S/C18H28N5O5P/c24-23(25)18-3-1-17(2-4-18)19-29(20-5-11-26-12-6-20,21-7-13-27-14-8-21)22-9-15-28-16-10-22/h1-4H,5-16H2. The van der Waals surface area contributed by atoms with Gasteiger partial charge in [0.15, 0.2) is 7.51 Å². The van der Waals surface area contributed by atoms with Crippen LogP contribution >= 0.6 is 7.51 Å². The van der Waals surface area contributed by atoms with E-state index in [0.29, 0.717) is 39.6 Å². The van der Waals surface area contributed by atoms with Crippen molar-refractivity contribution in [1.82, 2.24) is 14.0 Å². The summed E-state index contributed by atoms with van der Waals surface area (Å²) in [6, 6.07) is 6.58. The maximum Gasteiger partial charge on any atom is 0.269 e. The van der Waals surface area contributed by atoms with Gasteiger partial charge in [-0.3, -0.25) is 10.1 Å². The molecule has 0 bridgehead atoms. The minimum Gasteiger partial charge on any atom is -0.379 e. The Morgan fingerprint density at radius 3 is 1.48 bits per heavy atom. The van der Waals surface area contributed by atoms with Crippen LogP contribution in [0, 0.1) is 10.1 Å². The number of nitro benzene ring substituents is 1. The van der Waals surface area contributed by atoms with Crippen LogP contribution in [0.3, 0.4) is 0 Å². The molecule has 29 heavy (non-hydrogen) atoms. The molecule has 3 saturated heterocycles. The Bertz CT molecular complexity index is 691. The van der Waals surface area contributed by atoms with Crippen LogP contribution in [0.5, 0.6) is 0 Å². The summed E-state index contributed by atoms with van der Waals surface area (Å²) in [5, 5.41) is 11.1. The minimum absolute atomic E-state index is 0.0806. The number of nitrogens with zero attached hydrogens (tertiary/aromatic N) is 5. The predicted octanol–water partition coefficient (Wildman–Crippen LogP) is 2.17. The van der Waals surface area contributed by atoms with Crippen molar-refractivity contribution >= 4 is 18.9 Å². The number of non-ortho nitro benzene ring substituents is 1. The molecular formula is C18H28N5O5P. The van der Waals surface area contributed by atoms with Gasteiger partial charge in [-0.2, -0.15) is 0 Å². The summed E-state index contributed by atoms with van der Waals surface area (Å²) in [4.78, 5) is 10.7. The highest BCUT2D eigenvalue weighted by molar-refractivity contribution is 7.59. The van der Waals surface area contributed by atoms with Crippen molar-refractivity contribution in [2.24, 2.45) is 4.74 Å². The van der Waals surface area contributed by atoms with E-state index in [0.717, 1.165) is 45.0 Å². The quantitative estimate of drug-likeness (QED) is 0.403. The van der Waals surface area contributed by atoms with Crippen molar-refractivity contribution in [3.05, 3.63) is 34.4 Å². The van der Waals surface area contributed by atoms with Crippen molar-refractivity contribution < 1.29 is 19.1 Å².